The summed E-state index contributed by atoms with van der Waals surface area (Å²) in [5, 5.41) is 47.9. The van der Waals surface area contributed by atoms with E-state index in [0.717, 1.165) is 0 Å². The summed E-state index contributed by atoms with van der Waals surface area (Å²) in [6.45, 7) is 0. The van der Waals surface area contributed by atoms with Crippen molar-refractivity contribution in [2.24, 2.45) is 20.0 Å². The van der Waals surface area contributed by atoms with E-state index >= 15 is 0 Å². The lowest BCUT2D eigenvalue weighted by Gasteiger charge is -2.12. The van der Waals surface area contributed by atoms with Crippen molar-refractivity contribution in [1.82, 2.24) is 0 Å². The van der Waals surface area contributed by atoms with Crippen LogP contribution < -0.4 is 0 Å². The van der Waals surface area contributed by atoms with Crippen LogP contribution in [0.15, 0.2) is 188 Å². The van der Waals surface area contributed by atoms with Crippen LogP contribution in [-0.2, 0) is 0 Å². The number of hydrogen-bond acceptors (Lipinski definition) is 12. The number of non-ortho nitro benzene ring substituents is 4. The Morgan fingerprint density at radius 2 is 0.533 bits per heavy atom. The Morgan fingerprint density at radius 3 is 0.733 bits per heavy atom. The molecule has 0 saturated carbocycles. The van der Waals surface area contributed by atoms with Crippen molar-refractivity contribution in [1.29, 1.82) is 0 Å². The molecule has 4 aromatic rings. The number of allylic oxidation sites excluding steroid dienone is 12. The smallest absolute Gasteiger partial charge is 0.258 e. The Bertz CT molecular complexity index is 2680. The predicted molar refractivity (Wildman–Crippen MR) is 226 cm³/mol. The summed E-state index contributed by atoms with van der Waals surface area (Å²) in [6, 6.07) is 24.1. The summed E-state index contributed by atoms with van der Waals surface area (Å²) in [7, 11) is 0. The molecule has 0 radical (unpaired) electrons. The Balaban J connectivity index is 1.39. The van der Waals surface area contributed by atoms with Crippen molar-refractivity contribution >= 4 is 67.9 Å². The Labute approximate surface area is 338 Å². The molecule has 0 aliphatic carbocycles. The van der Waals surface area contributed by atoms with Crippen LogP contribution in [0.3, 0.4) is 0 Å². The topological polar surface area (TPSA) is 222 Å². The molecule has 5 aliphatic rings. The highest BCUT2D eigenvalue weighted by atomic mass is 16.6. The third-order valence-corrected chi connectivity index (χ3v) is 9.99. The molecular weight excluding hydrogens is 769 g/mol. The van der Waals surface area contributed by atoms with Gasteiger partial charge in [-0.05, 0) is 70.9 Å². The number of nitro benzene ring substituents is 4. The minimum absolute atomic E-state index is 0.170. The van der Waals surface area contributed by atoms with E-state index in [1.165, 1.54) is 48.5 Å². The van der Waals surface area contributed by atoms with Gasteiger partial charge in [0.2, 0.25) is 0 Å². The molecule has 0 N–H and O–H groups in total. The van der Waals surface area contributed by atoms with Crippen molar-refractivity contribution < 1.29 is 19.7 Å². The zero-order chi connectivity index (χ0) is 41.7. The lowest BCUT2D eigenvalue weighted by molar-refractivity contribution is -0.385. The van der Waals surface area contributed by atoms with Gasteiger partial charge in [-0.1, -0.05) is 48.5 Å². The largest absolute Gasteiger partial charge is 0.270 e. The molecule has 5 aliphatic heterocycles. The highest BCUT2D eigenvalue weighted by Crippen LogP contribution is 2.40. The van der Waals surface area contributed by atoms with Crippen LogP contribution in [0.25, 0.3) is 22.3 Å². The highest BCUT2D eigenvalue weighted by Gasteiger charge is 2.29. The molecule has 5 heterocycles. The first-order valence-electron chi connectivity index (χ1n) is 18.1. The van der Waals surface area contributed by atoms with Crippen LogP contribution >= 0.6 is 0 Å². The van der Waals surface area contributed by atoms with Crippen molar-refractivity contribution in [3.05, 3.63) is 231 Å². The van der Waals surface area contributed by atoms with E-state index in [0.29, 0.717) is 90.2 Å². The molecule has 16 nitrogen and oxygen atoms in total. The van der Waals surface area contributed by atoms with Crippen LogP contribution in [0.4, 0.5) is 22.7 Å². The maximum absolute atomic E-state index is 12.0. The highest BCUT2D eigenvalue weighted by molar-refractivity contribution is 6.39. The number of benzene rings is 4. The molecule has 60 heavy (non-hydrogen) atoms. The van der Waals surface area contributed by atoms with Gasteiger partial charge in [0, 0.05) is 70.8 Å². The Hall–Kier alpha value is -8.92. The summed E-state index contributed by atoms with van der Waals surface area (Å²) < 4.78 is 0. The summed E-state index contributed by atoms with van der Waals surface area (Å²) in [6.07, 6.45) is 13.7. The van der Waals surface area contributed by atoms with E-state index < -0.39 is 19.7 Å². The van der Waals surface area contributed by atoms with Gasteiger partial charge in [0.1, 0.15) is 0 Å². The van der Waals surface area contributed by atoms with Gasteiger partial charge >= 0.3 is 0 Å². The fourth-order valence-corrected chi connectivity index (χ4v) is 7.37. The summed E-state index contributed by atoms with van der Waals surface area (Å²) in [4.78, 5) is 66.0. The second kappa shape index (κ2) is 14.5. The molecule has 0 spiro atoms. The average molecular weight is 793 g/mol. The van der Waals surface area contributed by atoms with Gasteiger partial charge in [-0.3, -0.25) is 40.5 Å². The number of nitro groups is 4. The lowest BCUT2D eigenvalue weighted by Crippen LogP contribution is -2.04. The lowest BCUT2D eigenvalue weighted by atomic mass is 9.98. The van der Waals surface area contributed by atoms with E-state index in [1.807, 2.05) is 0 Å². The number of nitrogens with zero attached hydrogens (tertiary/aromatic N) is 8. The van der Waals surface area contributed by atoms with Crippen LogP contribution in [0.2, 0.25) is 0 Å². The first kappa shape index (κ1) is 36.7. The van der Waals surface area contributed by atoms with Crippen LogP contribution in [-0.4, -0.2) is 42.5 Å². The van der Waals surface area contributed by atoms with Crippen molar-refractivity contribution in [2.75, 3.05) is 0 Å². The van der Waals surface area contributed by atoms with Crippen molar-refractivity contribution in [2.45, 2.75) is 0 Å². The van der Waals surface area contributed by atoms with Crippen LogP contribution in [0, 0.1) is 40.5 Å². The quantitative estimate of drug-likeness (QED) is 0.123. The van der Waals surface area contributed by atoms with E-state index in [9.17, 15) is 40.5 Å². The van der Waals surface area contributed by atoms with E-state index in [2.05, 4.69) is 0 Å². The van der Waals surface area contributed by atoms with Gasteiger partial charge in [-0.2, -0.15) is 0 Å². The maximum Gasteiger partial charge on any atom is 0.270 e. The van der Waals surface area contributed by atoms with E-state index in [4.69, 9.17) is 20.0 Å². The molecular formula is C44H24N8O8. The second-order valence-electron chi connectivity index (χ2n) is 13.6. The second-order valence-corrected chi connectivity index (χ2v) is 13.6. The van der Waals surface area contributed by atoms with Gasteiger partial charge in [-0.25, -0.2) is 20.0 Å². The molecule has 288 valence electrons. The third kappa shape index (κ3) is 6.60. The molecule has 0 amide bonds. The average Bonchev–Trinajstić information content (AvgIpc) is 4.09. The summed E-state index contributed by atoms with van der Waals surface area (Å²) in [5.74, 6) is 0. The summed E-state index contributed by atoms with van der Waals surface area (Å²) in [5.41, 5.74) is 5.65. The molecule has 8 bridgehead atoms. The fraction of sp³-hybridized carbons (Fsp3) is 0. The minimum atomic E-state index is -0.508. The minimum Gasteiger partial charge on any atom is -0.258 e. The molecule has 4 aromatic carbocycles. The van der Waals surface area contributed by atoms with Gasteiger partial charge in [0.05, 0.1) is 65.3 Å². The maximum atomic E-state index is 12.0. The van der Waals surface area contributed by atoms with E-state index in [-0.39, 0.29) is 22.7 Å². The first-order valence-corrected chi connectivity index (χ1v) is 18.1. The zero-order valence-corrected chi connectivity index (χ0v) is 30.7. The number of aliphatic imine (C=N–C) groups is 4. The number of rotatable bonds is 8. The monoisotopic (exact) mass is 792 g/mol. The summed E-state index contributed by atoms with van der Waals surface area (Å²) >= 11 is 0. The SMILES string of the molecule is O=[N+]([O-])c1cccc(C2=C3C=CC(=N3)C(c3cccc([N+](=O)[O-])c3)=C3C=CC(=N3)C(c3cccc([N+](=O)[O-])c3)=C3C=CC(=N3)C(c3cccc([N+](=O)[O-])c3)=C3C=CC2=N3)c1. The molecule has 0 saturated heterocycles. The third-order valence-electron chi connectivity index (χ3n) is 9.99. The number of fused-ring (bicyclic) bond motifs is 4. The van der Waals surface area contributed by atoms with Crippen molar-refractivity contribution in [3.8, 4) is 0 Å². The molecule has 0 unspecified atom stereocenters. The Kier molecular flexibility index (Phi) is 8.90. The predicted octanol–water partition coefficient (Wildman–Crippen LogP) is 9.32. The Morgan fingerprint density at radius 1 is 0.317 bits per heavy atom. The van der Waals surface area contributed by atoms with Crippen LogP contribution in [0.1, 0.15) is 22.3 Å². The fourth-order valence-electron chi connectivity index (χ4n) is 7.37. The number of hydrogen-bond donors (Lipinski definition) is 0. The molecule has 16 heteroatoms. The molecule has 0 fully saturated rings. The van der Waals surface area contributed by atoms with Crippen molar-refractivity contribution in [3.63, 3.8) is 0 Å². The van der Waals surface area contributed by atoms with Crippen LogP contribution in [0.5, 0.6) is 0 Å². The van der Waals surface area contributed by atoms with E-state index in [1.54, 1.807) is 97.1 Å². The van der Waals surface area contributed by atoms with Gasteiger partial charge < -0.3 is 0 Å². The van der Waals surface area contributed by atoms with Gasteiger partial charge in [0.15, 0.2) is 0 Å². The normalized spacial score (nSPS) is 16.4. The van der Waals surface area contributed by atoms with Gasteiger partial charge in [0.25, 0.3) is 22.7 Å². The zero-order valence-electron chi connectivity index (χ0n) is 30.7. The molecule has 9 rings (SSSR count). The van der Waals surface area contributed by atoms with Gasteiger partial charge in [-0.15, -0.1) is 0 Å². The molecule has 0 aromatic heterocycles. The first-order chi connectivity index (χ1) is 29.0. The molecule has 0 atom stereocenters. The standard InChI is InChI=1S/C44H24N8O8/c53-49(54)29-9-1-5-25(21-29)41-33-13-15-35(45-33)42(26-6-2-10-30(22-26)50(55)56)37-17-19-39(47-37)44(28-8-4-12-32(24-28)52(59)60)40-20-18-38(48-40)43(36-16-14-34(41)46-36)27-7-3-11-31(23-27)51(57)58/h1-24H.